The van der Waals surface area contributed by atoms with Crippen LogP contribution >= 0.6 is 0 Å². The maximum atomic E-state index is 12.2. The van der Waals surface area contributed by atoms with Gasteiger partial charge in [-0.2, -0.15) is 5.10 Å². The summed E-state index contributed by atoms with van der Waals surface area (Å²) in [5, 5.41) is 3.96. The van der Waals surface area contributed by atoms with Crippen LogP contribution in [0.25, 0.3) is 0 Å². The van der Waals surface area contributed by atoms with Crippen LogP contribution in [0.4, 0.5) is 0 Å². The van der Waals surface area contributed by atoms with E-state index < -0.39 is 5.97 Å². The molecule has 0 atom stereocenters. The molecule has 0 unspecified atom stereocenters. The van der Waals surface area contributed by atoms with Crippen LogP contribution in [-0.4, -0.2) is 24.7 Å². The van der Waals surface area contributed by atoms with E-state index in [9.17, 15) is 9.59 Å². The first-order chi connectivity index (χ1) is 14.5. The van der Waals surface area contributed by atoms with Gasteiger partial charge in [-0.1, -0.05) is 17.7 Å². The van der Waals surface area contributed by atoms with Gasteiger partial charge in [0.1, 0.15) is 11.5 Å². The molecule has 1 N–H and O–H groups in total. The Kier molecular flexibility index (Phi) is 6.95. The molecule has 6 heteroatoms. The van der Waals surface area contributed by atoms with Crippen LogP contribution in [0.1, 0.15) is 38.8 Å². The van der Waals surface area contributed by atoms with E-state index in [4.69, 9.17) is 9.47 Å². The van der Waals surface area contributed by atoms with E-state index in [1.165, 1.54) is 6.21 Å². The summed E-state index contributed by atoms with van der Waals surface area (Å²) >= 11 is 0. The number of rotatable bonds is 7. The number of hydrazone groups is 1. The molecule has 0 aliphatic carbocycles. The van der Waals surface area contributed by atoms with Gasteiger partial charge in [-0.25, -0.2) is 10.2 Å². The monoisotopic (exact) mass is 402 g/mol. The molecular formula is C24H22N2O4. The molecule has 0 saturated heterocycles. The molecule has 6 nitrogen and oxygen atoms in total. The molecule has 30 heavy (non-hydrogen) atoms. The number of hydrogen-bond donors (Lipinski definition) is 1. The quantitative estimate of drug-likeness (QED) is 0.275. The minimum absolute atomic E-state index is 0.321. The molecule has 3 rings (SSSR count). The largest absolute Gasteiger partial charge is 0.494 e. The SMILES string of the molecule is CCOc1ccc(C(=O)NN=Cc2ccc(OC(=O)c3cccc(C)c3)cc2)cc1. The first-order valence-electron chi connectivity index (χ1n) is 9.50. The molecule has 152 valence electrons. The topological polar surface area (TPSA) is 77.0 Å². The predicted molar refractivity (Wildman–Crippen MR) is 115 cm³/mol. The van der Waals surface area contributed by atoms with Crippen LogP contribution in [0.15, 0.2) is 77.9 Å². The van der Waals surface area contributed by atoms with Crippen molar-refractivity contribution >= 4 is 18.1 Å². The van der Waals surface area contributed by atoms with Crippen LogP contribution in [0, 0.1) is 6.92 Å². The number of nitrogens with zero attached hydrogens (tertiary/aromatic N) is 1. The number of hydrogen-bond acceptors (Lipinski definition) is 5. The summed E-state index contributed by atoms with van der Waals surface area (Å²) in [6.07, 6.45) is 1.51. The van der Waals surface area contributed by atoms with Gasteiger partial charge >= 0.3 is 5.97 Å². The molecule has 0 heterocycles. The number of nitrogens with one attached hydrogen (secondary N) is 1. The minimum Gasteiger partial charge on any atom is -0.494 e. The fraction of sp³-hybridized carbons (Fsp3) is 0.125. The number of carbonyl (C=O) groups is 2. The van der Waals surface area contributed by atoms with E-state index in [0.717, 1.165) is 11.1 Å². The maximum Gasteiger partial charge on any atom is 0.343 e. The summed E-state index contributed by atoms with van der Waals surface area (Å²) in [4.78, 5) is 24.3. The molecule has 0 aromatic heterocycles. The average Bonchev–Trinajstić information content (AvgIpc) is 2.75. The second-order valence-electron chi connectivity index (χ2n) is 6.48. The van der Waals surface area contributed by atoms with Gasteiger partial charge in [0.15, 0.2) is 0 Å². The van der Waals surface area contributed by atoms with E-state index in [0.29, 0.717) is 29.2 Å². The fourth-order valence-corrected chi connectivity index (χ4v) is 2.66. The third-order valence-electron chi connectivity index (χ3n) is 4.15. The summed E-state index contributed by atoms with van der Waals surface area (Å²) in [6.45, 7) is 4.38. The lowest BCUT2D eigenvalue weighted by atomic mass is 10.1. The van der Waals surface area contributed by atoms with Crippen LogP contribution in [-0.2, 0) is 0 Å². The summed E-state index contributed by atoms with van der Waals surface area (Å²) in [7, 11) is 0. The Morgan fingerprint density at radius 3 is 2.30 bits per heavy atom. The summed E-state index contributed by atoms with van der Waals surface area (Å²) in [6, 6.07) is 20.9. The molecule has 0 radical (unpaired) electrons. The summed E-state index contributed by atoms with van der Waals surface area (Å²) in [5.74, 6) is 0.401. The molecule has 1 amide bonds. The van der Waals surface area contributed by atoms with Gasteiger partial charge in [0.25, 0.3) is 5.91 Å². The van der Waals surface area contributed by atoms with Gasteiger partial charge in [0, 0.05) is 5.56 Å². The minimum atomic E-state index is -0.414. The Balaban J connectivity index is 1.54. The summed E-state index contributed by atoms with van der Waals surface area (Å²) < 4.78 is 10.7. The van der Waals surface area contributed by atoms with Crippen molar-refractivity contribution in [3.05, 3.63) is 95.1 Å². The second kappa shape index (κ2) is 10.0. The molecule has 3 aromatic rings. The standard InChI is InChI=1S/C24H22N2O4/c1-3-29-21-13-9-19(10-14-21)23(27)26-25-16-18-7-11-22(12-8-18)30-24(28)20-6-4-5-17(2)15-20/h4-16H,3H2,1-2H3,(H,26,27). The lowest BCUT2D eigenvalue weighted by Crippen LogP contribution is -2.17. The van der Waals surface area contributed by atoms with Gasteiger partial charge in [0.05, 0.1) is 18.4 Å². The number of ether oxygens (including phenoxy) is 2. The Bertz CT molecular complexity index is 1040. The molecular weight excluding hydrogens is 380 g/mol. The first kappa shape index (κ1) is 20.8. The number of amides is 1. The normalized spacial score (nSPS) is 10.6. The third kappa shape index (κ3) is 5.78. The molecule has 0 aliphatic heterocycles. The lowest BCUT2D eigenvalue weighted by molar-refractivity contribution is 0.0734. The Labute approximate surface area is 175 Å². The Morgan fingerprint density at radius 1 is 0.933 bits per heavy atom. The van der Waals surface area contributed by atoms with Crippen LogP contribution in [0.3, 0.4) is 0 Å². The zero-order valence-corrected chi connectivity index (χ0v) is 16.8. The number of aryl methyl sites for hydroxylation is 1. The molecule has 0 spiro atoms. The highest BCUT2D eigenvalue weighted by Gasteiger charge is 2.08. The molecule has 0 fully saturated rings. The summed E-state index contributed by atoms with van der Waals surface area (Å²) in [5.41, 5.74) is 5.19. The van der Waals surface area contributed by atoms with Crippen molar-refractivity contribution in [1.82, 2.24) is 5.43 Å². The second-order valence-corrected chi connectivity index (χ2v) is 6.48. The van der Waals surface area contributed by atoms with Crippen molar-refractivity contribution in [1.29, 1.82) is 0 Å². The zero-order valence-electron chi connectivity index (χ0n) is 16.8. The van der Waals surface area contributed by atoms with Gasteiger partial charge < -0.3 is 9.47 Å². The van der Waals surface area contributed by atoms with Crippen LogP contribution < -0.4 is 14.9 Å². The van der Waals surface area contributed by atoms with Gasteiger partial charge in [-0.3, -0.25) is 4.79 Å². The van der Waals surface area contributed by atoms with Crippen molar-refractivity contribution in [2.75, 3.05) is 6.61 Å². The van der Waals surface area contributed by atoms with Crippen molar-refractivity contribution in [2.45, 2.75) is 13.8 Å². The predicted octanol–water partition coefficient (Wildman–Crippen LogP) is 4.38. The van der Waals surface area contributed by atoms with Crippen LogP contribution in [0.2, 0.25) is 0 Å². The highest BCUT2D eigenvalue weighted by atomic mass is 16.5. The highest BCUT2D eigenvalue weighted by molar-refractivity contribution is 5.95. The van der Waals surface area contributed by atoms with Gasteiger partial charge in [-0.05, 0) is 80.1 Å². The first-order valence-corrected chi connectivity index (χ1v) is 9.50. The van der Waals surface area contributed by atoms with Crippen molar-refractivity contribution in [2.24, 2.45) is 5.10 Å². The molecule has 3 aromatic carbocycles. The van der Waals surface area contributed by atoms with E-state index in [1.54, 1.807) is 60.7 Å². The molecule has 0 aliphatic rings. The third-order valence-corrected chi connectivity index (χ3v) is 4.15. The average molecular weight is 402 g/mol. The Hall–Kier alpha value is -3.93. The van der Waals surface area contributed by atoms with Gasteiger partial charge in [0.2, 0.25) is 0 Å². The smallest absolute Gasteiger partial charge is 0.343 e. The van der Waals surface area contributed by atoms with Crippen LogP contribution in [0.5, 0.6) is 11.5 Å². The molecule has 0 bridgehead atoms. The Morgan fingerprint density at radius 2 is 1.63 bits per heavy atom. The van der Waals surface area contributed by atoms with Crippen molar-refractivity contribution in [3.63, 3.8) is 0 Å². The van der Waals surface area contributed by atoms with Gasteiger partial charge in [-0.15, -0.1) is 0 Å². The number of carbonyl (C=O) groups excluding carboxylic acids is 2. The maximum absolute atomic E-state index is 12.2. The zero-order chi connectivity index (χ0) is 21.3. The van der Waals surface area contributed by atoms with Crippen molar-refractivity contribution < 1.29 is 19.1 Å². The van der Waals surface area contributed by atoms with E-state index in [1.807, 2.05) is 26.0 Å². The van der Waals surface area contributed by atoms with E-state index in [-0.39, 0.29) is 5.91 Å². The highest BCUT2D eigenvalue weighted by Crippen LogP contribution is 2.15. The van der Waals surface area contributed by atoms with E-state index in [2.05, 4.69) is 10.5 Å². The number of benzene rings is 3. The number of esters is 1. The fourth-order valence-electron chi connectivity index (χ4n) is 2.66. The molecule has 0 saturated carbocycles. The van der Waals surface area contributed by atoms with E-state index >= 15 is 0 Å². The van der Waals surface area contributed by atoms with Crippen molar-refractivity contribution in [3.8, 4) is 11.5 Å². The lowest BCUT2D eigenvalue weighted by Gasteiger charge is -2.05.